The van der Waals surface area contributed by atoms with Crippen molar-refractivity contribution in [1.29, 1.82) is 0 Å². The van der Waals surface area contributed by atoms with Crippen molar-refractivity contribution in [2.75, 3.05) is 0 Å². The molecular weight excluding hydrogens is 301 g/mol. The van der Waals surface area contributed by atoms with Crippen molar-refractivity contribution >= 4 is 15.8 Å². The van der Waals surface area contributed by atoms with Gasteiger partial charge < -0.3 is 4.18 Å². The van der Waals surface area contributed by atoms with Gasteiger partial charge in [0, 0.05) is 12.1 Å². The number of halogens is 1. The van der Waals surface area contributed by atoms with E-state index < -0.39 is 26.6 Å². The highest BCUT2D eigenvalue weighted by molar-refractivity contribution is 7.86. The first-order valence-electron chi connectivity index (χ1n) is 5.77. The number of hydrogen-bond donors (Lipinski definition) is 0. The van der Waals surface area contributed by atoms with E-state index in [9.17, 15) is 22.9 Å². The monoisotopic (exact) mass is 311 g/mol. The minimum absolute atomic E-state index is 0.147. The molecule has 0 fully saturated rings. The minimum Gasteiger partial charge on any atom is -0.379 e. The zero-order chi connectivity index (χ0) is 15.5. The van der Waals surface area contributed by atoms with E-state index in [1.54, 1.807) is 0 Å². The number of nitrogens with zero attached hydrogens (tertiary/aromatic N) is 1. The van der Waals surface area contributed by atoms with Gasteiger partial charge in [-0.25, -0.2) is 4.39 Å². The predicted molar refractivity (Wildman–Crippen MR) is 72.7 cm³/mol. The van der Waals surface area contributed by atoms with Gasteiger partial charge in [-0.15, -0.1) is 0 Å². The van der Waals surface area contributed by atoms with Gasteiger partial charge in [0.2, 0.25) is 0 Å². The van der Waals surface area contributed by atoms with Crippen LogP contribution >= 0.6 is 0 Å². The van der Waals surface area contributed by atoms with E-state index in [2.05, 4.69) is 4.18 Å². The lowest BCUT2D eigenvalue weighted by Crippen LogP contribution is -2.12. The van der Waals surface area contributed by atoms with Crippen LogP contribution < -0.4 is 4.18 Å². The van der Waals surface area contributed by atoms with E-state index in [-0.39, 0.29) is 11.4 Å². The Balaban J connectivity index is 2.14. The van der Waals surface area contributed by atoms with Crippen LogP contribution in [0.2, 0.25) is 0 Å². The normalized spacial score (nSPS) is 11.1. The fourth-order valence-electron chi connectivity index (χ4n) is 1.60. The third kappa shape index (κ3) is 3.99. The maximum absolute atomic E-state index is 13.3. The van der Waals surface area contributed by atoms with Crippen LogP contribution in [0.15, 0.2) is 48.5 Å². The summed E-state index contributed by atoms with van der Waals surface area (Å²) in [5.74, 6) is -1.69. The highest BCUT2D eigenvalue weighted by Crippen LogP contribution is 2.20. The van der Waals surface area contributed by atoms with Crippen LogP contribution in [0.25, 0.3) is 0 Å². The molecule has 0 heterocycles. The molecule has 21 heavy (non-hydrogen) atoms. The smallest absolute Gasteiger partial charge is 0.313 e. The lowest BCUT2D eigenvalue weighted by Gasteiger charge is -2.07. The predicted octanol–water partition coefficient (Wildman–Crippen LogP) is 2.64. The van der Waals surface area contributed by atoms with E-state index >= 15 is 0 Å². The van der Waals surface area contributed by atoms with Crippen LogP contribution in [0.5, 0.6) is 5.75 Å². The van der Waals surface area contributed by atoms with Gasteiger partial charge in [0.05, 0.1) is 4.92 Å². The van der Waals surface area contributed by atoms with E-state index in [4.69, 9.17) is 0 Å². The summed E-state index contributed by atoms with van der Waals surface area (Å²) in [5.41, 5.74) is 0.156. The third-order valence-corrected chi connectivity index (χ3v) is 3.66. The van der Waals surface area contributed by atoms with Crippen molar-refractivity contribution in [2.24, 2.45) is 0 Å². The summed E-state index contributed by atoms with van der Waals surface area (Å²) in [6.45, 7) is 0. The maximum atomic E-state index is 13.3. The largest absolute Gasteiger partial charge is 0.379 e. The molecule has 2 aromatic carbocycles. The van der Waals surface area contributed by atoms with Crippen molar-refractivity contribution < 1.29 is 21.9 Å². The lowest BCUT2D eigenvalue weighted by atomic mass is 10.2. The Kier molecular flexibility index (Phi) is 4.18. The fourth-order valence-corrected chi connectivity index (χ4v) is 2.66. The van der Waals surface area contributed by atoms with Crippen LogP contribution in [0.4, 0.5) is 10.1 Å². The second-order valence-electron chi connectivity index (χ2n) is 4.14. The number of nitro groups is 1. The van der Waals surface area contributed by atoms with E-state index in [0.717, 1.165) is 6.07 Å². The van der Waals surface area contributed by atoms with Gasteiger partial charge in [-0.2, -0.15) is 8.42 Å². The summed E-state index contributed by atoms with van der Waals surface area (Å²) in [4.78, 5) is 9.91. The first-order valence-corrected chi connectivity index (χ1v) is 7.35. The second-order valence-corrected chi connectivity index (χ2v) is 5.71. The van der Waals surface area contributed by atoms with Crippen LogP contribution in [0.1, 0.15) is 5.56 Å². The fraction of sp³-hybridized carbons (Fsp3) is 0.0769. The molecule has 0 saturated heterocycles. The average molecular weight is 311 g/mol. The number of hydrogen-bond acceptors (Lipinski definition) is 5. The molecule has 110 valence electrons. The number of non-ortho nitro benzene ring substituents is 1. The van der Waals surface area contributed by atoms with Gasteiger partial charge in [-0.05, 0) is 17.7 Å². The Morgan fingerprint density at radius 3 is 2.29 bits per heavy atom. The Morgan fingerprint density at radius 1 is 1.10 bits per heavy atom. The quantitative estimate of drug-likeness (QED) is 0.481. The zero-order valence-corrected chi connectivity index (χ0v) is 11.4. The van der Waals surface area contributed by atoms with Crippen LogP contribution in [0.3, 0.4) is 0 Å². The van der Waals surface area contributed by atoms with Crippen molar-refractivity contribution in [2.45, 2.75) is 5.75 Å². The molecule has 8 heteroatoms. The number of benzene rings is 2. The molecule has 6 nitrogen and oxygen atoms in total. The average Bonchev–Trinajstić information content (AvgIpc) is 2.41. The molecule has 2 aromatic rings. The van der Waals surface area contributed by atoms with Crippen LogP contribution in [-0.4, -0.2) is 13.3 Å². The molecule has 0 amide bonds. The van der Waals surface area contributed by atoms with Crippen LogP contribution in [-0.2, 0) is 15.9 Å². The highest BCUT2D eigenvalue weighted by Gasteiger charge is 2.17. The summed E-state index contributed by atoms with van der Waals surface area (Å²) in [6, 6.07) is 10.1. The Morgan fingerprint density at radius 2 is 1.71 bits per heavy atom. The summed E-state index contributed by atoms with van der Waals surface area (Å²) in [7, 11) is -4.05. The highest BCUT2D eigenvalue weighted by atomic mass is 32.2. The third-order valence-electron chi connectivity index (χ3n) is 2.54. The van der Waals surface area contributed by atoms with E-state index in [0.29, 0.717) is 5.56 Å². The van der Waals surface area contributed by atoms with Gasteiger partial charge in [0.1, 0.15) is 5.75 Å². The molecule has 0 bridgehead atoms. The maximum Gasteiger partial charge on any atom is 0.313 e. The van der Waals surface area contributed by atoms with Gasteiger partial charge >= 0.3 is 10.1 Å². The lowest BCUT2D eigenvalue weighted by molar-refractivity contribution is -0.384. The SMILES string of the molecule is O=[N+]([O-])c1ccc(CS(=O)(=O)Oc2ccccc2F)cc1. The Hall–Kier alpha value is -2.48. The number of nitro benzene ring substituents is 1. The first kappa shape index (κ1) is 14.9. The Labute approximate surface area is 120 Å². The standard InChI is InChI=1S/C13H10FNO5S/c14-12-3-1-2-4-13(12)20-21(18,19)9-10-5-7-11(8-6-10)15(16)17/h1-8H,9H2. The van der Waals surface area contributed by atoms with Gasteiger partial charge in [0.15, 0.2) is 11.6 Å². The van der Waals surface area contributed by atoms with Crippen molar-refractivity contribution in [3.63, 3.8) is 0 Å². The minimum atomic E-state index is -4.05. The first-order chi connectivity index (χ1) is 9.87. The van der Waals surface area contributed by atoms with Gasteiger partial charge in [-0.1, -0.05) is 24.3 Å². The molecule has 0 atom stereocenters. The van der Waals surface area contributed by atoms with Crippen molar-refractivity contribution in [3.8, 4) is 5.75 Å². The van der Waals surface area contributed by atoms with Crippen molar-refractivity contribution in [1.82, 2.24) is 0 Å². The summed E-state index contributed by atoms with van der Waals surface area (Å²) in [6.07, 6.45) is 0. The van der Waals surface area contributed by atoms with Crippen LogP contribution in [0, 0.1) is 15.9 Å². The Bertz CT molecular complexity index is 758. The zero-order valence-electron chi connectivity index (χ0n) is 10.6. The molecule has 0 N–H and O–H groups in total. The summed E-state index contributed by atoms with van der Waals surface area (Å²) < 4.78 is 41.6. The summed E-state index contributed by atoms with van der Waals surface area (Å²) >= 11 is 0. The molecule has 0 aliphatic heterocycles. The molecule has 0 aliphatic carbocycles. The van der Waals surface area contributed by atoms with E-state index in [1.807, 2.05) is 0 Å². The molecule has 2 rings (SSSR count). The molecule has 0 aliphatic rings. The summed E-state index contributed by atoms with van der Waals surface area (Å²) in [5, 5.41) is 10.5. The molecule has 0 spiro atoms. The van der Waals surface area contributed by atoms with E-state index in [1.165, 1.54) is 42.5 Å². The molecule has 0 unspecified atom stereocenters. The van der Waals surface area contributed by atoms with Gasteiger partial charge in [0.25, 0.3) is 5.69 Å². The van der Waals surface area contributed by atoms with Gasteiger partial charge in [-0.3, -0.25) is 10.1 Å². The molecule has 0 aromatic heterocycles. The number of para-hydroxylation sites is 1. The molecule has 0 saturated carbocycles. The molecule has 0 radical (unpaired) electrons. The second kappa shape index (κ2) is 5.88. The molecular formula is C13H10FNO5S. The topological polar surface area (TPSA) is 86.5 Å². The van der Waals surface area contributed by atoms with Crippen molar-refractivity contribution in [3.05, 3.63) is 70.0 Å². The number of rotatable bonds is 5.